The molecule has 43 heavy (non-hydrogen) atoms. The number of hydrogen-bond donors (Lipinski definition) is 2. The van der Waals surface area contributed by atoms with Crippen molar-refractivity contribution in [3.05, 3.63) is 60.0 Å². The Morgan fingerprint density at radius 3 is 2.63 bits per heavy atom. The van der Waals surface area contributed by atoms with Crippen molar-refractivity contribution >= 4 is 22.8 Å². The van der Waals surface area contributed by atoms with Crippen molar-refractivity contribution in [2.24, 2.45) is 0 Å². The summed E-state index contributed by atoms with van der Waals surface area (Å²) < 4.78 is 11.5. The van der Waals surface area contributed by atoms with Gasteiger partial charge in [-0.25, -0.2) is 4.98 Å². The van der Waals surface area contributed by atoms with Gasteiger partial charge in [-0.05, 0) is 63.5 Å². The lowest BCUT2D eigenvalue weighted by molar-refractivity contribution is 0.212. The van der Waals surface area contributed by atoms with Gasteiger partial charge in [0.25, 0.3) is 0 Å². The molecule has 226 valence electrons. The van der Waals surface area contributed by atoms with Gasteiger partial charge in [-0.1, -0.05) is 25.8 Å². The van der Waals surface area contributed by atoms with Crippen LogP contribution < -0.4 is 19.7 Å². The van der Waals surface area contributed by atoms with Crippen molar-refractivity contribution in [1.29, 1.82) is 0 Å². The number of aromatic nitrogens is 4. The number of pyridine rings is 2. The van der Waals surface area contributed by atoms with E-state index in [0.29, 0.717) is 36.1 Å². The van der Waals surface area contributed by atoms with E-state index < -0.39 is 5.54 Å². The van der Waals surface area contributed by atoms with Crippen molar-refractivity contribution in [3.63, 3.8) is 0 Å². The summed E-state index contributed by atoms with van der Waals surface area (Å²) in [5, 5.41) is 13.9. The van der Waals surface area contributed by atoms with Gasteiger partial charge in [0.1, 0.15) is 17.0 Å². The molecule has 0 spiro atoms. The van der Waals surface area contributed by atoms with Gasteiger partial charge in [-0.3, -0.25) is 14.9 Å². The van der Waals surface area contributed by atoms with Crippen molar-refractivity contribution in [3.8, 4) is 22.6 Å². The summed E-state index contributed by atoms with van der Waals surface area (Å²) in [7, 11) is 1.65. The van der Waals surface area contributed by atoms with E-state index in [9.17, 15) is 5.11 Å². The second-order valence-corrected chi connectivity index (χ2v) is 11.9. The number of aliphatic hydroxyl groups excluding tert-OH is 1. The third-order valence-corrected chi connectivity index (χ3v) is 8.41. The number of unbranched alkanes of at least 4 members (excludes halogenated alkanes) is 1. The third-order valence-electron chi connectivity index (χ3n) is 8.41. The van der Waals surface area contributed by atoms with E-state index in [-0.39, 0.29) is 6.61 Å². The number of fused-ring (bicyclic) bond motifs is 2. The van der Waals surface area contributed by atoms with Gasteiger partial charge in [-0.2, -0.15) is 4.98 Å². The molecule has 10 nitrogen and oxygen atoms in total. The number of hydrogen-bond acceptors (Lipinski definition) is 10. The summed E-state index contributed by atoms with van der Waals surface area (Å²) in [4.78, 5) is 24.0. The molecule has 0 aliphatic carbocycles. The zero-order valence-corrected chi connectivity index (χ0v) is 25.3. The zero-order chi connectivity index (χ0) is 29.8. The largest absolute Gasteiger partial charge is 0.497 e. The van der Waals surface area contributed by atoms with E-state index in [1.54, 1.807) is 7.11 Å². The Bertz CT molecular complexity index is 1560. The number of benzene rings is 1. The maximum Gasteiger partial charge on any atom is 0.230 e. The number of likely N-dealkylation sites (tertiary alicyclic amines) is 1. The molecule has 6 rings (SSSR count). The summed E-state index contributed by atoms with van der Waals surface area (Å²) in [5.74, 6) is 2.68. The summed E-state index contributed by atoms with van der Waals surface area (Å²) in [6.07, 6.45) is 9.13. The van der Waals surface area contributed by atoms with Gasteiger partial charge in [0.05, 0.1) is 37.0 Å². The highest BCUT2D eigenvalue weighted by atomic mass is 16.5. The number of nitrogens with zero attached hydrogens (tertiary/aromatic N) is 6. The van der Waals surface area contributed by atoms with Crippen LogP contribution in [0, 0.1) is 0 Å². The summed E-state index contributed by atoms with van der Waals surface area (Å²) >= 11 is 0. The average molecular weight is 584 g/mol. The van der Waals surface area contributed by atoms with Crippen LogP contribution in [0.4, 0.5) is 11.8 Å². The first kappa shape index (κ1) is 29.1. The van der Waals surface area contributed by atoms with Crippen LogP contribution in [0.2, 0.25) is 0 Å². The van der Waals surface area contributed by atoms with E-state index in [0.717, 1.165) is 72.8 Å². The van der Waals surface area contributed by atoms with Gasteiger partial charge < -0.3 is 24.8 Å². The standard InChI is InChI=1S/C33H41N7O3/c1-4-5-12-33(2,21-41)38-31-30-28(36-32(37-31)40-19-24-9-11-27(42-3)16-29(24)43-22-40)15-25(18-35-30)23-8-10-26(34-17-23)20-39-13-6-7-14-39/h8-11,15-18,41H,4-7,12-14,19-22H2,1-3H3,(H,36,37,38)/t33-/m1/s1. The molecule has 3 aromatic heterocycles. The molecule has 10 heteroatoms. The van der Waals surface area contributed by atoms with E-state index in [4.69, 9.17) is 29.4 Å². The predicted molar refractivity (Wildman–Crippen MR) is 168 cm³/mol. The van der Waals surface area contributed by atoms with Crippen molar-refractivity contribution in [2.45, 2.75) is 64.6 Å². The first-order valence-corrected chi connectivity index (χ1v) is 15.3. The highest BCUT2D eigenvalue weighted by Gasteiger charge is 2.27. The molecule has 2 N–H and O–H groups in total. The number of aliphatic hydroxyl groups is 1. The summed E-state index contributed by atoms with van der Waals surface area (Å²) in [5.41, 5.74) is 4.85. The van der Waals surface area contributed by atoms with Crippen molar-refractivity contribution in [2.75, 3.05) is 43.8 Å². The van der Waals surface area contributed by atoms with Crippen molar-refractivity contribution < 1.29 is 14.6 Å². The quantitative estimate of drug-likeness (QED) is 0.238. The minimum Gasteiger partial charge on any atom is -0.497 e. The molecule has 1 fully saturated rings. The summed E-state index contributed by atoms with van der Waals surface area (Å²) in [6.45, 7) is 8.21. The topological polar surface area (TPSA) is 109 Å². The first-order chi connectivity index (χ1) is 21.0. The maximum atomic E-state index is 10.3. The Morgan fingerprint density at radius 2 is 1.88 bits per heavy atom. The Balaban J connectivity index is 1.34. The highest BCUT2D eigenvalue weighted by molar-refractivity contribution is 5.89. The summed E-state index contributed by atoms with van der Waals surface area (Å²) in [6, 6.07) is 12.1. The van der Waals surface area contributed by atoms with E-state index >= 15 is 0 Å². The number of methoxy groups -OCH3 is 1. The van der Waals surface area contributed by atoms with Gasteiger partial charge in [0, 0.05) is 41.7 Å². The Hall–Kier alpha value is -4.02. The van der Waals surface area contributed by atoms with Crippen LogP contribution in [-0.4, -0.2) is 69.0 Å². The molecule has 0 amide bonds. The number of ether oxygens (including phenoxy) is 2. The molecule has 1 aromatic carbocycles. The van der Waals surface area contributed by atoms with Crippen LogP contribution in [-0.2, 0) is 13.1 Å². The van der Waals surface area contributed by atoms with E-state index in [1.807, 2.05) is 48.5 Å². The first-order valence-electron chi connectivity index (χ1n) is 15.3. The average Bonchev–Trinajstić information content (AvgIpc) is 3.56. The molecule has 1 atom stereocenters. The lowest BCUT2D eigenvalue weighted by atomic mass is 9.96. The second-order valence-electron chi connectivity index (χ2n) is 11.9. The fourth-order valence-electron chi connectivity index (χ4n) is 5.74. The van der Waals surface area contributed by atoms with Crippen LogP contribution in [0.15, 0.2) is 48.8 Å². The van der Waals surface area contributed by atoms with Crippen LogP contribution in [0.3, 0.4) is 0 Å². The molecule has 0 saturated carbocycles. The lowest BCUT2D eigenvalue weighted by Gasteiger charge is -2.32. The Labute approximate surface area is 253 Å². The Kier molecular flexibility index (Phi) is 8.58. The number of rotatable bonds is 11. The molecule has 2 aliphatic rings. The lowest BCUT2D eigenvalue weighted by Crippen LogP contribution is -2.39. The zero-order valence-electron chi connectivity index (χ0n) is 25.3. The number of nitrogens with one attached hydrogen (secondary N) is 1. The monoisotopic (exact) mass is 583 g/mol. The highest BCUT2D eigenvalue weighted by Crippen LogP contribution is 2.33. The Morgan fingerprint density at radius 1 is 1.05 bits per heavy atom. The molecule has 5 heterocycles. The van der Waals surface area contributed by atoms with Gasteiger partial charge in [0.2, 0.25) is 5.95 Å². The van der Waals surface area contributed by atoms with Crippen LogP contribution in [0.5, 0.6) is 11.5 Å². The predicted octanol–water partition coefficient (Wildman–Crippen LogP) is 5.40. The molecule has 0 radical (unpaired) electrons. The molecule has 2 aliphatic heterocycles. The fourth-order valence-corrected chi connectivity index (χ4v) is 5.74. The van der Waals surface area contributed by atoms with Gasteiger partial charge in [0.15, 0.2) is 12.5 Å². The van der Waals surface area contributed by atoms with E-state index in [2.05, 4.69) is 29.3 Å². The molecular formula is C33H41N7O3. The number of anilines is 2. The molecule has 0 unspecified atom stereocenters. The molecular weight excluding hydrogens is 542 g/mol. The van der Waals surface area contributed by atoms with Crippen LogP contribution in [0.25, 0.3) is 22.2 Å². The van der Waals surface area contributed by atoms with Gasteiger partial charge in [-0.15, -0.1) is 0 Å². The maximum absolute atomic E-state index is 10.3. The SMILES string of the molecule is CCCC[C@](C)(CO)Nc1nc(N2COc3cc(OC)ccc3C2)nc2cc(-c3ccc(CN4CCCC4)nc3)cnc12. The van der Waals surface area contributed by atoms with Gasteiger partial charge >= 0.3 is 0 Å². The molecule has 1 saturated heterocycles. The second kappa shape index (κ2) is 12.7. The smallest absolute Gasteiger partial charge is 0.230 e. The fraction of sp³-hybridized carbons (Fsp3) is 0.455. The molecule has 0 bridgehead atoms. The molecule has 4 aromatic rings. The minimum atomic E-state index is -0.550. The normalized spacial score (nSPS) is 16.5. The van der Waals surface area contributed by atoms with E-state index in [1.165, 1.54) is 12.8 Å². The van der Waals surface area contributed by atoms with Crippen LogP contribution >= 0.6 is 0 Å². The van der Waals surface area contributed by atoms with Crippen LogP contribution in [0.1, 0.15) is 57.2 Å². The minimum absolute atomic E-state index is 0.0244. The van der Waals surface area contributed by atoms with Crippen molar-refractivity contribution in [1.82, 2.24) is 24.8 Å². The third kappa shape index (κ3) is 6.50.